The van der Waals surface area contributed by atoms with Gasteiger partial charge < -0.3 is 15.7 Å². The summed E-state index contributed by atoms with van der Waals surface area (Å²) in [6.45, 7) is -0.00394. The van der Waals surface area contributed by atoms with Gasteiger partial charge in [0.1, 0.15) is 0 Å². The predicted molar refractivity (Wildman–Crippen MR) is 87.9 cm³/mol. The van der Waals surface area contributed by atoms with Gasteiger partial charge in [-0.15, -0.1) is 0 Å². The summed E-state index contributed by atoms with van der Waals surface area (Å²) in [6, 6.07) is 7.79. The largest absolute Gasteiger partial charge is 0.394 e. The van der Waals surface area contributed by atoms with Crippen molar-refractivity contribution in [3.8, 4) is 0 Å². The number of hydrogen-bond acceptors (Lipinski definition) is 3. The molecule has 2 amide bonds. The summed E-state index contributed by atoms with van der Waals surface area (Å²) in [5, 5.41) is 15.5. The molecule has 2 aliphatic rings. The predicted octanol–water partition coefficient (Wildman–Crippen LogP) is 2.00. The highest BCUT2D eigenvalue weighted by Gasteiger charge is 2.35. The lowest BCUT2D eigenvalue weighted by Gasteiger charge is -2.29. The second-order valence-electron chi connectivity index (χ2n) is 6.78. The average Bonchev–Trinajstić information content (AvgIpc) is 3.02. The van der Waals surface area contributed by atoms with Gasteiger partial charge in [-0.1, -0.05) is 31.0 Å². The number of anilines is 1. The molecule has 0 aromatic heterocycles. The van der Waals surface area contributed by atoms with Crippen LogP contribution in [0.3, 0.4) is 0 Å². The van der Waals surface area contributed by atoms with Crippen molar-refractivity contribution in [3.63, 3.8) is 0 Å². The van der Waals surface area contributed by atoms with E-state index in [2.05, 4.69) is 10.6 Å². The summed E-state index contributed by atoms with van der Waals surface area (Å²) >= 11 is 0. The molecule has 0 radical (unpaired) electrons. The summed E-state index contributed by atoms with van der Waals surface area (Å²) < 4.78 is 0. The number of hydrogen-bond donors (Lipinski definition) is 3. The molecule has 23 heavy (non-hydrogen) atoms. The Morgan fingerprint density at radius 2 is 2.04 bits per heavy atom. The first-order chi connectivity index (χ1) is 11.1. The summed E-state index contributed by atoms with van der Waals surface area (Å²) in [5.74, 6) is -0.230. The monoisotopic (exact) mass is 316 g/mol. The van der Waals surface area contributed by atoms with Crippen LogP contribution in [0.1, 0.15) is 44.1 Å². The van der Waals surface area contributed by atoms with Crippen molar-refractivity contribution < 1.29 is 14.7 Å². The Morgan fingerprint density at radius 1 is 1.30 bits per heavy atom. The van der Waals surface area contributed by atoms with E-state index in [1.54, 1.807) is 0 Å². The SMILES string of the molecule is O=C(CCC1Cc2ccccc2NC1=O)NC1(CO)CCCC1. The van der Waals surface area contributed by atoms with Crippen LogP contribution >= 0.6 is 0 Å². The topological polar surface area (TPSA) is 78.4 Å². The first-order valence-corrected chi connectivity index (χ1v) is 8.42. The Labute approximate surface area is 136 Å². The van der Waals surface area contributed by atoms with Crippen LogP contribution < -0.4 is 10.6 Å². The van der Waals surface area contributed by atoms with E-state index in [1.807, 2.05) is 24.3 Å². The molecule has 1 fully saturated rings. The second kappa shape index (κ2) is 6.71. The standard InChI is InChI=1S/C18H24N2O3/c21-12-18(9-3-4-10-18)20-16(22)8-7-14-11-13-5-1-2-6-15(13)19-17(14)23/h1-2,5-6,14,21H,3-4,7-12H2,(H,19,23)(H,20,22). The number of rotatable bonds is 5. The maximum atomic E-state index is 12.2. The minimum atomic E-state index is -0.432. The molecule has 5 heteroatoms. The van der Waals surface area contributed by atoms with Gasteiger partial charge in [0, 0.05) is 18.0 Å². The van der Waals surface area contributed by atoms with Gasteiger partial charge in [0.25, 0.3) is 0 Å². The van der Waals surface area contributed by atoms with Crippen molar-refractivity contribution >= 4 is 17.5 Å². The van der Waals surface area contributed by atoms with Gasteiger partial charge in [-0.3, -0.25) is 9.59 Å². The fraction of sp³-hybridized carbons (Fsp3) is 0.556. The van der Waals surface area contributed by atoms with Gasteiger partial charge in [-0.2, -0.15) is 0 Å². The summed E-state index contributed by atoms with van der Waals surface area (Å²) in [5.41, 5.74) is 1.57. The summed E-state index contributed by atoms with van der Waals surface area (Å²) in [7, 11) is 0. The number of para-hydroxylation sites is 1. The van der Waals surface area contributed by atoms with E-state index < -0.39 is 5.54 Å². The number of amides is 2. The zero-order chi connectivity index (χ0) is 16.3. The minimum absolute atomic E-state index is 0.00394. The molecule has 1 aliphatic carbocycles. The number of benzene rings is 1. The first-order valence-electron chi connectivity index (χ1n) is 8.42. The normalized spacial score (nSPS) is 22.3. The van der Waals surface area contributed by atoms with Crippen molar-refractivity contribution in [1.82, 2.24) is 5.32 Å². The Balaban J connectivity index is 1.54. The van der Waals surface area contributed by atoms with E-state index in [-0.39, 0.29) is 24.3 Å². The van der Waals surface area contributed by atoms with E-state index in [1.165, 1.54) is 0 Å². The van der Waals surface area contributed by atoms with Crippen LogP contribution in [0.5, 0.6) is 0 Å². The van der Waals surface area contributed by atoms with E-state index in [0.717, 1.165) is 36.9 Å². The van der Waals surface area contributed by atoms with E-state index in [0.29, 0.717) is 19.3 Å². The minimum Gasteiger partial charge on any atom is -0.394 e. The number of nitrogens with one attached hydrogen (secondary N) is 2. The van der Waals surface area contributed by atoms with E-state index in [9.17, 15) is 14.7 Å². The lowest BCUT2D eigenvalue weighted by Crippen LogP contribution is -2.49. The molecule has 0 bridgehead atoms. The van der Waals surface area contributed by atoms with Crippen molar-refractivity contribution in [2.45, 2.75) is 50.5 Å². The van der Waals surface area contributed by atoms with Crippen LogP contribution in [-0.4, -0.2) is 29.1 Å². The quantitative estimate of drug-likeness (QED) is 0.777. The molecule has 1 unspecified atom stereocenters. The molecule has 5 nitrogen and oxygen atoms in total. The number of aliphatic hydroxyl groups is 1. The van der Waals surface area contributed by atoms with Crippen LogP contribution in [-0.2, 0) is 16.0 Å². The summed E-state index contributed by atoms with van der Waals surface area (Å²) in [4.78, 5) is 24.4. The van der Waals surface area contributed by atoms with Gasteiger partial charge in [0.2, 0.25) is 11.8 Å². The molecule has 1 atom stereocenters. The molecule has 124 valence electrons. The zero-order valence-corrected chi connectivity index (χ0v) is 13.3. The molecule has 1 saturated carbocycles. The summed E-state index contributed by atoms with van der Waals surface area (Å²) in [6.07, 6.45) is 5.31. The molecule has 1 heterocycles. The molecule has 0 saturated heterocycles. The average molecular weight is 316 g/mol. The van der Waals surface area contributed by atoms with Gasteiger partial charge in [-0.25, -0.2) is 0 Å². The highest BCUT2D eigenvalue weighted by atomic mass is 16.3. The first kappa shape index (κ1) is 16.0. The smallest absolute Gasteiger partial charge is 0.227 e. The molecular formula is C18H24N2O3. The van der Waals surface area contributed by atoms with Crippen LogP contribution in [0.2, 0.25) is 0 Å². The molecule has 0 spiro atoms. The highest BCUT2D eigenvalue weighted by Crippen LogP contribution is 2.30. The van der Waals surface area contributed by atoms with Gasteiger partial charge in [0.15, 0.2) is 0 Å². The van der Waals surface area contributed by atoms with Crippen LogP contribution in [0.15, 0.2) is 24.3 Å². The Bertz CT molecular complexity index is 594. The Kier molecular flexibility index (Phi) is 4.66. The van der Waals surface area contributed by atoms with Crippen molar-refractivity contribution in [2.75, 3.05) is 11.9 Å². The lowest BCUT2D eigenvalue weighted by atomic mass is 9.89. The third-order valence-corrected chi connectivity index (χ3v) is 5.10. The second-order valence-corrected chi connectivity index (χ2v) is 6.78. The molecule has 1 aliphatic heterocycles. The fourth-order valence-corrected chi connectivity index (χ4v) is 3.68. The molecule has 1 aromatic carbocycles. The Morgan fingerprint density at radius 3 is 2.78 bits per heavy atom. The Hall–Kier alpha value is -1.88. The molecule has 1 aromatic rings. The molecular weight excluding hydrogens is 292 g/mol. The van der Waals surface area contributed by atoms with Gasteiger partial charge >= 0.3 is 0 Å². The third-order valence-electron chi connectivity index (χ3n) is 5.10. The number of carbonyl (C=O) groups excluding carboxylic acids is 2. The van der Waals surface area contributed by atoms with E-state index in [4.69, 9.17) is 0 Å². The van der Waals surface area contributed by atoms with Gasteiger partial charge in [0.05, 0.1) is 12.1 Å². The van der Waals surface area contributed by atoms with Gasteiger partial charge in [-0.05, 0) is 37.3 Å². The maximum absolute atomic E-state index is 12.2. The molecule has 3 N–H and O–H groups in total. The lowest BCUT2D eigenvalue weighted by molar-refractivity contribution is -0.124. The van der Waals surface area contributed by atoms with Crippen molar-refractivity contribution in [3.05, 3.63) is 29.8 Å². The van der Waals surface area contributed by atoms with Crippen molar-refractivity contribution in [1.29, 1.82) is 0 Å². The molecule has 3 rings (SSSR count). The number of aliphatic hydroxyl groups excluding tert-OH is 1. The fourth-order valence-electron chi connectivity index (χ4n) is 3.68. The highest BCUT2D eigenvalue weighted by molar-refractivity contribution is 5.96. The van der Waals surface area contributed by atoms with E-state index >= 15 is 0 Å². The third kappa shape index (κ3) is 3.55. The van der Waals surface area contributed by atoms with Crippen LogP contribution in [0, 0.1) is 5.92 Å². The van der Waals surface area contributed by atoms with Crippen molar-refractivity contribution in [2.24, 2.45) is 5.92 Å². The number of fused-ring (bicyclic) bond motifs is 1. The van der Waals surface area contributed by atoms with Crippen LogP contribution in [0.25, 0.3) is 0 Å². The zero-order valence-electron chi connectivity index (χ0n) is 13.3. The van der Waals surface area contributed by atoms with Crippen LogP contribution in [0.4, 0.5) is 5.69 Å². The maximum Gasteiger partial charge on any atom is 0.227 e. The number of carbonyl (C=O) groups is 2.